The van der Waals surface area contributed by atoms with Gasteiger partial charge in [-0.05, 0) is 69.5 Å². The number of rotatable bonds is 6. The van der Waals surface area contributed by atoms with Crippen LogP contribution in [0.1, 0.15) is 47.1 Å². The van der Waals surface area contributed by atoms with Crippen LogP contribution in [0.5, 0.6) is 5.75 Å². The first kappa shape index (κ1) is 21.2. The van der Waals surface area contributed by atoms with Gasteiger partial charge < -0.3 is 14.8 Å². The number of hydrogen-bond donors (Lipinski definition) is 1. The van der Waals surface area contributed by atoms with Gasteiger partial charge in [-0.3, -0.25) is 4.79 Å². The minimum absolute atomic E-state index is 0.0984. The molecule has 1 aliphatic rings. The van der Waals surface area contributed by atoms with Gasteiger partial charge in [0.1, 0.15) is 5.75 Å². The van der Waals surface area contributed by atoms with Crippen molar-refractivity contribution in [2.45, 2.75) is 39.0 Å². The van der Waals surface area contributed by atoms with E-state index in [-0.39, 0.29) is 11.3 Å². The second-order valence-corrected chi connectivity index (χ2v) is 8.13. The number of carbonyl (C=O) groups excluding carboxylic acids is 1. The number of aromatic nitrogens is 2. The van der Waals surface area contributed by atoms with Crippen LogP contribution in [0.15, 0.2) is 42.5 Å². The Morgan fingerprint density at radius 1 is 1.03 bits per heavy atom. The topological polar surface area (TPSA) is 73.3 Å². The number of ether oxygens (including phenoxy) is 2. The third kappa shape index (κ3) is 4.54. The lowest BCUT2D eigenvalue weighted by molar-refractivity contribution is 0.0487. The first-order valence-corrected chi connectivity index (χ1v) is 10.8. The third-order valence-corrected chi connectivity index (χ3v) is 6.15. The monoisotopic (exact) mass is 419 g/mol. The van der Waals surface area contributed by atoms with Crippen molar-refractivity contribution in [2.24, 2.45) is 0 Å². The minimum atomic E-state index is -0.150. The molecule has 0 atom stereocenters. The number of fused-ring (bicyclic) bond motifs is 1. The molecule has 0 unspecified atom stereocenters. The molecular formula is C25H29N3O3. The van der Waals surface area contributed by atoms with Gasteiger partial charge in [0.25, 0.3) is 5.91 Å². The largest absolute Gasteiger partial charge is 0.494 e. The fourth-order valence-electron chi connectivity index (χ4n) is 4.12. The average molecular weight is 420 g/mol. The summed E-state index contributed by atoms with van der Waals surface area (Å²) in [6.45, 7) is 8.42. The summed E-state index contributed by atoms with van der Waals surface area (Å²) in [4.78, 5) is 22.1. The molecule has 2 aromatic carbocycles. The Balaban J connectivity index is 1.53. The van der Waals surface area contributed by atoms with Crippen LogP contribution in [-0.4, -0.2) is 42.2 Å². The number of carbonyl (C=O) groups is 1. The molecule has 2 heterocycles. The van der Waals surface area contributed by atoms with Crippen LogP contribution in [-0.2, 0) is 10.2 Å². The Morgan fingerprint density at radius 2 is 1.71 bits per heavy atom. The van der Waals surface area contributed by atoms with Crippen LogP contribution in [0, 0.1) is 13.8 Å². The molecule has 0 saturated carbocycles. The summed E-state index contributed by atoms with van der Waals surface area (Å²) in [5, 5.41) is 3.16. The molecule has 0 aliphatic carbocycles. The highest BCUT2D eigenvalue weighted by molar-refractivity contribution is 5.97. The lowest BCUT2D eigenvalue weighted by Gasteiger charge is -2.38. The maximum absolute atomic E-state index is 13.0. The molecule has 4 rings (SSSR count). The molecule has 1 aromatic heterocycles. The molecule has 6 nitrogen and oxygen atoms in total. The number of nitrogens with one attached hydrogen (secondary N) is 1. The highest BCUT2D eigenvalue weighted by Crippen LogP contribution is 2.35. The predicted molar refractivity (Wildman–Crippen MR) is 121 cm³/mol. The lowest BCUT2D eigenvalue weighted by Crippen LogP contribution is -2.44. The third-order valence-electron chi connectivity index (χ3n) is 6.15. The Morgan fingerprint density at radius 3 is 2.39 bits per heavy atom. The van der Waals surface area contributed by atoms with Crippen LogP contribution < -0.4 is 10.1 Å². The highest BCUT2D eigenvalue weighted by atomic mass is 16.5. The van der Waals surface area contributed by atoms with Crippen LogP contribution in [0.25, 0.3) is 11.0 Å². The predicted octanol–water partition coefficient (Wildman–Crippen LogP) is 4.12. The zero-order valence-corrected chi connectivity index (χ0v) is 18.4. The first-order chi connectivity index (χ1) is 15.0. The molecule has 31 heavy (non-hydrogen) atoms. The summed E-state index contributed by atoms with van der Waals surface area (Å²) >= 11 is 0. The van der Waals surface area contributed by atoms with Crippen LogP contribution >= 0.6 is 0 Å². The van der Waals surface area contributed by atoms with E-state index in [1.807, 2.05) is 51.1 Å². The Kier molecular flexibility index (Phi) is 6.18. The summed E-state index contributed by atoms with van der Waals surface area (Å²) in [6.07, 6.45) is 1.73. The van der Waals surface area contributed by atoms with Crippen molar-refractivity contribution in [1.29, 1.82) is 0 Å². The van der Waals surface area contributed by atoms with Gasteiger partial charge in [-0.25, -0.2) is 9.97 Å². The molecule has 1 fully saturated rings. The summed E-state index contributed by atoms with van der Waals surface area (Å²) in [7, 11) is 0. The number of aryl methyl sites for hydroxylation is 2. The Labute approximate surface area is 183 Å². The lowest BCUT2D eigenvalue weighted by atomic mass is 9.74. The van der Waals surface area contributed by atoms with E-state index >= 15 is 0 Å². The first-order valence-electron chi connectivity index (χ1n) is 10.8. The minimum Gasteiger partial charge on any atom is -0.494 e. The van der Waals surface area contributed by atoms with Crippen LogP contribution in [0.2, 0.25) is 0 Å². The van der Waals surface area contributed by atoms with E-state index in [1.165, 1.54) is 5.56 Å². The smallest absolute Gasteiger partial charge is 0.251 e. The van der Waals surface area contributed by atoms with E-state index in [1.54, 1.807) is 0 Å². The van der Waals surface area contributed by atoms with E-state index in [0.29, 0.717) is 31.9 Å². The van der Waals surface area contributed by atoms with Crippen molar-refractivity contribution >= 4 is 16.9 Å². The summed E-state index contributed by atoms with van der Waals surface area (Å²) in [6, 6.07) is 13.7. The normalized spacial score (nSPS) is 15.6. The number of amides is 1. The molecule has 1 saturated heterocycles. The fraction of sp³-hybridized carbons (Fsp3) is 0.400. The van der Waals surface area contributed by atoms with Gasteiger partial charge in [-0.1, -0.05) is 12.1 Å². The molecule has 3 aromatic rings. The summed E-state index contributed by atoms with van der Waals surface area (Å²) in [5.41, 5.74) is 4.97. The van der Waals surface area contributed by atoms with Crippen molar-refractivity contribution in [3.63, 3.8) is 0 Å². The van der Waals surface area contributed by atoms with Gasteiger partial charge in [0.2, 0.25) is 0 Å². The quantitative estimate of drug-likeness (QED) is 0.651. The molecule has 1 N–H and O–H groups in total. The van der Waals surface area contributed by atoms with Gasteiger partial charge in [0.05, 0.1) is 29.0 Å². The van der Waals surface area contributed by atoms with Crippen molar-refractivity contribution in [1.82, 2.24) is 15.3 Å². The standard InChI is InChI=1S/C25H29N3O3/c1-4-31-21-8-6-20(7-9-21)25(11-13-30-14-12-25)16-26-24(29)19-5-10-22-23(15-19)28-18(3)17(2)27-22/h5-10,15H,4,11-14,16H2,1-3H3,(H,26,29). The van der Waals surface area contributed by atoms with E-state index < -0.39 is 0 Å². The molecule has 162 valence electrons. The molecule has 1 aliphatic heterocycles. The SMILES string of the molecule is CCOc1ccc(C2(CNC(=O)c3ccc4nc(C)c(C)nc4c3)CCOCC2)cc1. The molecular weight excluding hydrogens is 390 g/mol. The van der Waals surface area contributed by atoms with Crippen molar-refractivity contribution in [3.8, 4) is 5.75 Å². The van der Waals surface area contributed by atoms with E-state index in [4.69, 9.17) is 9.47 Å². The Hall–Kier alpha value is -2.99. The molecule has 0 spiro atoms. The molecule has 0 radical (unpaired) electrons. The number of hydrogen-bond acceptors (Lipinski definition) is 5. The Bertz CT molecular complexity index is 1070. The molecule has 6 heteroatoms. The van der Waals surface area contributed by atoms with Crippen molar-refractivity contribution in [3.05, 3.63) is 65.0 Å². The van der Waals surface area contributed by atoms with Gasteiger partial charge in [0, 0.05) is 30.7 Å². The highest BCUT2D eigenvalue weighted by Gasteiger charge is 2.35. The van der Waals surface area contributed by atoms with Crippen LogP contribution in [0.4, 0.5) is 0 Å². The second-order valence-electron chi connectivity index (χ2n) is 8.13. The van der Waals surface area contributed by atoms with Gasteiger partial charge in [-0.2, -0.15) is 0 Å². The van der Waals surface area contributed by atoms with Gasteiger partial charge in [-0.15, -0.1) is 0 Å². The average Bonchev–Trinajstić information content (AvgIpc) is 2.79. The second kappa shape index (κ2) is 9.02. The molecule has 0 bridgehead atoms. The molecule has 1 amide bonds. The number of benzene rings is 2. The summed E-state index contributed by atoms with van der Waals surface area (Å²) in [5.74, 6) is 0.763. The zero-order valence-electron chi connectivity index (χ0n) is 18.4. The van der Waals surface area contributed by atoms with E-state index in [0.717, 1.165) is 41.0 Å². The van der Waals surface area contributed by atoms with Gasteiger partial charge in [0.15, 0.2) is 0 Å². The number of nitrogens with zero attached hydrogens (tertiary/aromatic N) is 2. The van der Waals surface area contributed by atoms with Crippen molar-refractivity contribution < 1.29 is 14.3 Å². The van der Waals surface area contributed by atoms with E-state index in [9.17, 15) is 4.79 Å². The zero-order chi connectivity index (χ0) is 21.8. The van der Waals surface area contributed by atoms with Crippen molar-refractivity contribution in [2.75, 3.05) is 26.4 Å². The fourth-order valence-corrected chi connectivity index (χ4v) is 4.12. The van der Waals surface area contributed by atoms with E-state index in [2.05, 4.69) is 27.4 Å². The van der Waals surface area contributed by atoms with Crippen LogP contribution in [0.3, 0.4) is 0 Å². The van der Waals surface area contributed by atoms with Gasteiger partial charge >= 0.3 is 0 Å². The maximum Gasteiger partial charge on any atom is 0.251 e. The maximum atomic E-state index is 13.0. The summed E-state index contributed by atoms with van der Waals surface area (Å²) < 4.78 is 11.2.